The highest BCUT2D eigenvalue weighted by Crippen LogP contribution is 2.33. The maximum Gasteiger partial charge on any atom is 0.343 e. The average Bonchev–Trinajstić information content (AvgIpc) is 3.42. The molecular formula is C19H20N4O4. The summed E-state index contributed by atoms with van der Waals surface area (Å²) in [6, 6.07) is 9.04. The first kappa shape index (κ1) is 17.3. The van der Waals surface area contributed by atoms with Gasteiger partial charge in [0, 0.05) is 24.4 Å². The SMILES string of the molecule is O=C(O)c1c(NCCc2noc(C3CCCC3)n2)noc1-c1ccccc1. The summed E-state index contributed by atoms with van der Waals surface area (Å²) in [5, 5.41) is 20.5. The fraction of sp³-hybridized carbons (Fsp3) is 0.368. The van der Waals surface area contributed by atoms with Gasteiger partial charge in [-0.3, -0.25) is 0 Å². The molecule has 8 nitrogen and oxygen atoms in total. The van der Waals surface area contributed by atoms with E-state index in [0.29, 0.717) is 36.2 Å². The summed E-state index contributed by atoms with van der Waals surface area (Å²) in [4.78, 5) is 16.1. The molecule has 0 saturated heterocycles. The van der Waals surface area contributed by atoms with Crippen molar-refractivity contribution in [2.45, 2.75) is 38.0 Å². The van der Waals surface area contributed by atoms with Gasteiger partial charge in [0.2, 0.25) is 5.89 Å². The number of carboxylic acid groups (broad SMARTS) is 1. The summed E-state index contributed by atoms with van der Waals surface area (Å²) >= 11 is 0. The van der Waals surface area contributed by atoms with Crippen molar-refractivity contribution in [2.75, 3.05) is 11.9 Å². The van der Waals surface area contributed by atoms with Crippen LogP contribution in [-0.4, -0.2) is 32.9 Å². The molecule has 140 valence electrons. The number of nitrogens with zero attached hydrogens (tertiary/aromatic N) is 3. The minimum absolute atomic E-state index is 0.0148. The number of benzene rings is 1. The van der Waals surface area contributed by atoms with Crippen LogP contribution >= 0.6 is 0 Å². The summed E-state index contributed by atoms with van der Waals surface area (Å²) in [6.45, 7) is 0.421. The lowest BCUT2D eigenvalue weighted by Gasteiger charge is -2.02. The van der Waals surface area contributed by atoms with Gasteiger partial charge >= 0.3 is 5.97 Å². The molecule has 3 aromatic rings. The molecule has 0 atom stereocenters. The van der Waals surface area contributed by atoms with Crippen molar-refractivity contribution >= 4 is 11.8 Å². The van der Waals surface area contributed by atoms with E-state index in [9.17, 15) is 9.90 Å². The van der Waals surface area contributed by atoms with Gasteiger partial charge in [-0.1, -0.05) is 53.5 Å². The van der Waals surface area contributed by atoms with Gasteiger partial charge in [-0.15, -0.1) is 0 Å². The Bertz CT molecular complexity index is 913. The number of carbonyl (C=O) groups is 1. The van der Waals surface area contributed by atoms with E-state index in [4.69, 9.17) is 9.05 Å². The van der Waals surface area contributed by atoms with Crippen LogP contribution < -0.4 is 5.32 Å². The highest BCUT2D eigenvalue weighted by atomic mass is 16.5. The molecular weight excluding hydrogens is 348 g/mol. The van der Waals surface area contributed by atoms with Crippen molar-refractivity contribution in [1.82, 2.24) is 15.3 Å². The monoisotopic (exact) mass is 368 g/mol. The van der Waals surface area contributed by atoms with Crippen molar-refractivity contribution in [3.05, 3.63) is 47.6 Å². The van der Waals surface area contributed by atoms with Crippen molar-refractivity contribution in [1.29, 1.82) is 0 Å². The highest BCUT2D eigenvalue weighted by Gasteiger charge is 2.24. The fourth-order valence-corrected chi connectivity index (χ4v) is 3.40. The Morgan fingerprint density at radius 2 is 1.93 bits per heavy atom. The predicted molar refractivity (Wildman–Crippen MR) is 96.6 cm³/mol. The predicted octanol–water partition coefficient (Wildman–Crippen LogP) is 3.74. The molecule has 1 aliphatic carbocycles. The number of nitrogens with one attached hydrogen (secondary N) is 1. The van der Waals surface area contributed by atoms with E-state index in [1.54, 1.807) is 12.1 Å². The number of aromatic nitrogens is 3. The van der Waals surface area contributed by atoms with E-state index < -0.39 is 5.97 Å². The maximum atomic E-state index is 11.7. The minimum atomic E-state index is -1.10. The lowest BCUT2D eigenvalue weighted by molar-refractivity contribution is 0.0698. The third-order valence-electron chi connectivity index (χ3n) is 4.77. The Kier molecular flexibility index (Phi) is 4.86. The van der Waals surface area contributed by atoms with Crippen LogP contribution in [0, 0.1) is 0 Å². The average molecular weight is 368 g/mol. The lowest BCUT2D eigenvalue weighted by Crippen LogP contribution is -2.10. The summed E-state index contributed by atoms with van der Waals surface area (Å²) in [5.41, 5.74) is 0.677. The molecule has 1 aliphatic rings. The van der Waals surface area contributed by atoms with Crippen LogP contribution in [0.3, 0.4) is 0 Å². The zero-order valence-electron chi connectivity index (χ0n) is 14.7. The second kappa shape index (κ2) is 7.61. The van der Waals surface area contributed by atoms with Gasteiger partial charge in [0.1, 0.15) is 0 Å². The van der Waals surface area contributed by atoms with E-state index in [2.05, 4.69) is 20.6 Å². The lowest BCUT2D eigenvalue weighted by atomic mass is 10.1. The number of carboxylic acids is 1. The van der Waals surface area contributed by atoms with Crippen LogP contribution in [0.25, 0.3) is 11.3 Å². The van der Waals surface area contributed by atoms with Crippen LogP contribution in [0.2, 0.25) is 0 Å². The Balaban J connectivity index is 1.43. The standard InChI is InChI=1S/C19H20N4O4/c24-19(25)15-16(12-6-2-1-3-7-12)26-23-17(15)20-11-10-14-21-18(27-22-14)13-8-4-5-9-13/h1-3,6-7,13H,4-5,8-11H2,(H,20,23)(H,24,25). The first-order valence-corrected chi connectivity index (χ1v) is 9.07. The van der Waals surface area contributed by atoms with Gasteiger partial charge in [-0.05, 0) is 12.8 Å². The normalized spacial score (nSPS) is 14.5. The molecule has 2 aromatic heterocycles. The molecule has 2 N–H and O–H groups in total. The Hall–Kier alpha value is -3.16. The quantitative estimate of drug-likeness (QED) is 0.648. The van der Waals surface area contributed by atoms with Crippen LogP contribution in [0.5, 0.6) is 0 Å². The molecule has 0 spiro atoms. The largest absolute Gasteiger partial charge is 0.477 e. The number of hydrogen-bond donors (Lipinski definition) is 2. The van der Waals surface area contributed by atoms with Crippen LogP contribution in [-0.2, 0) is 6.42 Å². The number of anilines is 1. The first-order valence-electron chi connectivity index (χ1n) is 9.07. The van der Waals surface area contributed by atoms with Gasteiger partial charge in [0.05, 0.1) is 0 Å². The molecule has 1 aromatic carbocycles. The fourth-order valence-electron chi connectivity index (χ4n) is 3.40. The third-order valence-corrected chi connectivity index (χ3v) is 4.77. The van der Waals surface area contributed by atoms with E-state index >= 15 is 0 Å². The first-order chi connectivity index (χ1) is 13.2. The van der Waals surface area contributed by atoms with Crippen LogP contribution in [0.1, 0.15) is 53.7 Å². The molecule has 1 saturated carbocycles. The Morgan fingerprint density at radius 1 is 1.15 bits per heavy atom. The molecule has 0 unspecified atom stereocenters. The Morgan fingerprint density at radius 3 is 2.67 bits per heavy atom. The maximum absolute atomic E-state index is 11.7. The van der Waals surface area contributed by atoms with E-state index in [1.165, 1.54) is 12.8 Å². The smallest absolute Gasteiger partial charge is 0.343 e. The molecule has 1 fully saturated rings. The molecule has 0 bridgehead atoms. The molecule has 0 radical (unpaired) electrons. The van der Waals surface area contributed by atoms with Crippen LogP contribution in [0.15, 0.2) is 39.4 Å². The van der Waals surface area contributed by atoms with Crippen molar-refractivity contribution in [3.8, 4) is 11.3 Å². The number of hydrogen-bond acceptors (Lipinski definition) is 7. The molecule has 8 heteroatoms. The van der Waals surface area contributed by atoms with Crippen LogP contribution in [0.4, 0.5) is 5.82 Å². The molecule has 0 amide bonds. The summed E-state index contributed by atoms with van der Waals surface area (Å²) in [6.07, 6.45) is 5.12. The van der Waals surface area contributed by atoms with Gasteiger partial charge in [0.15, 0.2) is 23.0 Å². The topological polar surface area (TPSA) is 114 Å². The number of rotatable bonds is 7. The second-order valence-corrected chi connectivity index (χ2v) is 6.61. The number of aromatic carboxylic acids is 1. The second-order valence-electron chi connectivity index (χ2n) is 6.61. The zero-order valence-corrected chi connectivity index (χ0v) is 14.7. The van der Waals surface area contributed by atoms with Gasteiger partial charge in [-0.25, -0.2) is 4.79 Å². The third kappa shape index (κ3) is 3.69. The van der Waals surface area contributed by atoms with Crippen molar-refractivity contribution in [2.24, 2.45) is 0 Å². The van der Waals surface area contributed by atoms with Gasteiger partial charge < -0.3 is 19.5 Å². The summed E-state index contributed by atoms with van der Waals surface area (Å²) in [7, 11) is 0. The van der Waals surface area contributed by atoms with Gasteiger partial charge in [-0.2, -0.15) is 4.98 Å². The van der Waals surface area contributed by atoms with E-state index in [0.717, 1.165) is 12.8 Å². The van der Waals surface area contributed by atoms with Crippen molar-refractivity contribution < 1.29 is 18.9 Å². The summed E-state index contributed by atoms with van der Waals surface area (Å²) < 4.78 is 10.6. The minimum Gasteiger partial charge on any atom is -0.477 e. The van der Waals surface area contributed by atoms with E-state index in [1.807, 2.05) is 18.2 Å². The highest BCUT2D eigenvalue weighted by molar-refractivity contribution is 5.99. The zero-order chi connectivity index (χ0) is 18.6. The van der Waals surface area contributed by atoms with E-state index in [-0.39, 0.29) is 17.1 Å². The molecule has 2 heterocycles. The molecule has 0 aliphatic heterocycles. The summed E-state index contributed by atoms with van der Waals surface area (Å²) in [5.74, 6) is 1.02. The molecule has 27 heavy (non-hydrogen) atoms. The van der Waals surface area contributed by atoms with Gasteiger partial charge in [0.25, 0.3) is 0 Å². The Labute approximate surface area is 155 Å². The van der Waals surface area contributed by atoms with Crippen molar-refractivity contribution in [3.63, 3.8) is 0 Å². The molecule has 4 rings (SSSR count).